The van der Waals surface area contributed by atoms with Crippen LogP contribution < -0.4 is 15.5 Å². The first-order chi connectivity index (χ1) is 16.4. The molecule has 7 nitrogen and oxygen atoms in total. The molecule has 2 N–H and O–H groups in total. The summed E-state index contributed by atoms with van der Waals surface area (Å²) in [4.78, 5) is 32.9. The van der Waals surface area contributed by atoms with Crippen molar-refractivity contribution in [1.29, 1.82) is 0 Å². The van der Waals surface area contributed by atoms with Crippen molar-refractivity contribution < 1.29 is 14.0 Å². The lowest BCUT2D eigenvalue weighted by atomic mass is 10.0. The van der Waals surface area contributed by atoms with Gasteiger partial charge in [-0.15, -0.1) is 11.3 Å². The Morgan fingerprint density at radius 2 is 1.74 bits per heavy atom. The number of carbonyl (C=O) groups is 2. The minimum atomic E-state index is -0.599. The summed E-state index contributed by atoms with van der Waals surface area (Å²) in [5.41, 5.74) is 1.01. The number of nitrogens with zero attached hydrogens (tertiary/aromatic N) is 3. The number of anilines is 1. The van der Waals surface area contributed by atoms with Crippen molar-refractivity contribution in [2.75, 3.05) is 57.3 Å². The van der Waals surface area contributed by atoms with Crippen molar-refractivity contribution in [3.63, 3.8) is 0 Å². The summed E-state index contributed by atoms with van der Waals surface area (Å²) in [5.74, 6) is -1.43. The molecule has 0 aliphatic carbocycles. The van der Waals surface area contributed by atoms with Crippen molar-refractivity contribution in [3.05, 3.63) is 52.5 Å². The van der Waals surface area contributed by atoms with Crippen molar-refractivity contribution in [2.24, 2.45) is 0 Å². The molecule has 2 amide bonds. The van der Waals surface area contributed by atoms with E-state index in [2.05, 4.69) is 45.2 Å². The zero-order valence-electron chi connectivity index (χ0n) is 20.3. The van der Waals surface area contributed by atoms with E-state index in [0.29, 0.717) is 6.54 Å². The van der Waals surface area contributed by atoms with Gasteiger partial charge in [-0.1, -0.05) is 19.9 Å². The minimum Gasteiger partial charge on any atom is -0.369 e. The molecule has 9 heteroatoms. The minimum absolute atomic E-state index is 0.0252. The largest absolute Gasteiger partial charge is 0.369 e. The predicted octanol–water partition coefficient (Wildman–Crippen LogP) is 2.71. The van der Waals surface area contributed by atoms with Crippen molar-refractivity contribution >= 4 is 28.8 Å². The zero-order chi connectivity index (χ0) is 24.5. The van der Waals surface area contributed by atoms with Crippen LogP contribution in [0.1, 0.15) is 31.7 Å². The maximum absolute atomic E-state index is 13.3. The number of thiophene rings is 1. The maximum Gasteiger partial charge on any atom is 0.309 e. The van der Waals surface area contributed by atoms with Gasteiger partial charge in [0, 0.05) is 55.9 Å². The molecule has 2 heterocycles. The molecular weight excluding hydrogens is 453 g/mol. The Bertz CT molecular complexity index is 897. The molecule has 0 unspecified atom stereocenters. The molecule has 0 radical (unpaired) electrons. The number of rotatable bonds is 10. The van der Waals surface area contributed by atoms with Gasteiger partial charge >= 0.3 is 11.8 Å². The quantitative estimate of drug-likeness (QED) is 0.503. The molecule has 0 spiro atoms. The Morgan fingerprint density at radius 1 is 1.06 bits per heavy atom. The third kappa shape index (κ3) is 7.01. The number of likely N-dealkylation sites (N-methyl/N-ethyl adjacent to an activating group) is 1. The molecule has 0 bridgehead atoms. The number of benzene rings is 1. The molecule has 1 aromatic carbocycles. The normalized spacial score (nSPS) is 16.3. The molecule has 2 aromatic rings. The molecule has 2 atom stereocenters. The van der Waals surface area contributed by atoms with Crippen LogP contribution in [0.3, 0.4) is 0 Å². The van der Waals surface area contributed by atoms with E-state index in [1.54, 1.807) is 11.3 Å². The number of halogens is 1. The standard InChI is InChI=1S/C25H36FN5O2S/c1-4-29(5-2)13-12-27-24(32)25(33)28-19(3)23(22-7-6-18-34-22)31-16-14-30(15-17-31)21-10-8-20(26)9-11-21/h6-11,18-19,23H,4-5,12-17H2,1-3H3,(H,27,32)(H,28,33)/t19-,23+/m1/s1. The fourth-order valence-electron chi connectivity index (χ4n) is 4.41. The number of hydrogen-bond acceptors (Lipinski definition) is 6. The number of amides is 2. The summed E-state index contributed by atoms with van der Waals surface area (Å²) in [5, 5.41) is 7.69. The van der Waals surface area contributed by atoms with Crippen LogP contribution in [0.2, 0.25) is 0 Å². The molecule has 1 saturated heterocycles. The Balaban J connectivity index is 1.58. The summed E-state index contributed by atoms with van der Waals surface area (Å²) in [6, 6.07) is 10.4. The van der Waals surface area contributed by atoms with Crippen LogP contribution in [0, 0.1) is 5.82 Å². The lowest BCUT2D eigenvalue weighted by Crippen LogP contribution is -2.54. The topological polar surface area (TPSA) is 67.9 Å². The van der Waals surface area contributed by atoms with Crippen LogP contribution in [0.25, 0.3) is 0 Å². The van der Waals surface area contributed by atoms with E-state index in [1.807, 2.05) is 30.5 Å². The summed E-state index contributed by atoms with van der Waals surface area (Å²) < 4.78 is 13.3. The van der Waals surface area contributed by atoms with Crippen LogP contribution in [0.15, 0.2) is 41.8 Å². The summed E-state index contributed by atoms with van der Waals surface area (Å²) in [7, 11) is 0. The molecule has 1 fully saturated rings. The lowest BCUT2D eigenvalue weighted by Gasteiger charge is -2.42. The van der Waals surface area contributed by atoms with E-state index in [9.17, 15) is 14.0 Å². The van der Waals surface area contributed by atoms with Crippen LogP contribution >= 0.6 is 11.3 Å². The molecule has 34 heavy (non-hydrogen) atoms. The third-order valence-corrected chi connectivity index (χ3v) is 7.32. The highest BCUT2D eigenvalue weighted by molar-refractivity contribution is 7.10. The van der Waals surface area contributed by atoms with Crippen LogP contribution in [0.4, 0.5) is 10.1 Å². The molecule has 0 saturated carbocycles. The molecule has 186 valence electrons. The van der Waals surface area contributed by atoms with Crippen molar-refractivity contribution in [3.8, 4) is 0 Å². The van der Waals surface area contributed by atoms with Gasteiger partial charge in [-0.05, 0) is 55.7 Å². The second-order valence-corrected chi connectivity index (χ2v) is 9.48. The Morgan fingerprint density at radius 3 is 2.32 bits per heavy atom. The zero-order valence-corrected chi connectivity index (χ0v) is 21.1. The molecule has 1 aliphatic heterocycles. The van der Waals surface area contributed by atoms with Crippen LogP contribution in [-0.4, -0.2) is 80.0 Å². The fraction of sp³-hybridized carbons (Fsp3) is 0.520. The van der Waals surface area contributed by atoms with Gasteiger partial charge in [0.2, 0.25) is 0 Å². The number of piperazine rings is 1. The molecular formula is C25H36FN5O2S. The smallest absolute Gasteiger partial charge is 0.309 e. The SMILES string of the molecule is CCN(CC)CCNC(=O)C(=O)N[C@H](C)[C@@H](c1cccs1)N1CCN(c2ccc(F)cc2)CC1. The fourth-order valence-corrected chi connectivity index (χ4v) is 5.38. The highest BCUT2D eigenvalue weighted by Gasteiger charge is 2.32. The Labute approximate surface area is 205 Å². The van der Waals surface area contributed by atoms with E-state index >= 15 is 0 Å². The highest BCUT2D eigenvalue weighted by Crippen LogP contribution is 2.30. The monoisotopic (exact) mass is 489 g/mol. The highest BCUT2D eigenvalue weighted by atomic mass is 32.1. The molecule has 3 rings (SSSR count). The number of carbonyl (C=O) groups excluding carboxylic acids is 2. The lowest BCUT2D eigenvalue weighted by molar-refractivity contribution is -0.139. The summed E-state index contributed by atoms with van der Waals surface area (Å²) in [6.45, 7) is 12.3. The van der Waals surface area contributed by atoms with Gasteiger partial charge in [0.15, 0.2) is 0 Å². The van der Waals surface area contributed by atoms with E-state index in [1.165, 1.54) is 12.1 Å². The van der Waals surface area contributed by atoms with Crippen LogP contribution in [-0.2, 0) is 9.59 Å². The third-order valence-electron chi connectivity index (χ3n) is 6.38. The average Bonchev–Trinajstić information content (AvgIpc) is 3.37. The first-order valence-electron chi connectivity index (χ1n) is 12.0. The predicted molar refractivity (Wildman–Crippen MR) is 136 cm³/mol. The Kier molecular flexibility index (Phi) is 9.86. The van der Waals surface area contributed by atoms with E-state index in [-0.39, 0.29) is 17.9 Å². The van der Waals surface area contributed by atoms with Gasteiger partial charge in [0.25, 0.3) is 0 Å². The van der Waals surface area contributed by atoms with Gasteiger partial charge in [-0.3, -0.25) is 14.5 Å². The van der Waals surface area contributed by atoms with Crippen molar-refractivity contribution in [1.82, 2.24) is 20.4 Å². The molecule has 1 aromatic heterocycles. The summed E-state index contributed by atoms with van der Waals surface area (Å²) >= 11 is 1.66. The van der Waals surface area contributed by atoms with E-state index in [0.717, 1.165) is 56.4 Å². The van der Waals surface area contributed by atoms with Gasteiger partial charge in [0.05, 0.1) is 6.04 Å². The Hall–Kier alpha value is -2.49. The second-order valence-electron chi connectivity index (χ2n) is 8.50. The van der Waals surface area contributed by atoms with E-state index in [4.69, 9.17) is 0 Å². The van der Waals surface area contributed by atoms with Crippen molar-refractivity contribution in [2.45, 2.75) is 32.9 Å². The maximum atomic E-state index is 13.3. The average molecular weight is 490 g/mol. The number of nitrogens with one attached hydrogen (secondary N) is 2. The van der Waals surface area contributed by atoms with E-state index < -0.39 is 11.8 Å². The number of hydrogen-bond donors (Lipinski definition) is 2. The molecule has 1 aliphatic rings. The van der Waals surface area contributed by atoms with Gasteiger partial charge in [-0.2, -0.15) is 0 Å². The van der Waals surface area contributed by atoms with Gasteiger partial charge in [-0.25, -0.2) is 4.39 Å². The second kappa shape index (κ2) is 12.8. The summed E-state index contributed by atoms with van der Waals surface area (Å²) in [6.07, 6.45) is 0. The first-order valence-corrected chi connectivity index (χ1v) is 12.9. The van der Waals surface area contributed by atoms with Gasteiger partial charge in [0.1, 0.15) is 5.82 Å². The first kappa shape index (κ1) is 26.1. The van der Waals surface area contributed by atoms with Crippen LogP contribution in [0.5, 0.6) is 0 Å². The van der Waals surface area contributed by atoms with Gasteiger partial charge < -0.3 is 20.4 Å².